The van der Waals surface area contributed by atoms with Crippen molar-refractivity contribution in [2.75, 3.05) is 5.32 Å². The predicted molar refractivity (Wildman–Crippen MR) is 88.6 cm³/mol. The second-order valence-electron chi connectivity index (χ2n) is 5.75. The molecule has 1 amide bonds. The normalized spacial score (nSPS) is 16.2. The number of fused-ring (bicyclic) bond motifs is 1. The van der Waals surface area contributed by atoms with E-state index >= 15 is 0 Å². The third kappa shape index (κ3) is 3.08. The maximum Gasteiger partial charge on any atom is 0.229 e. The number of hydrogen-bond donors (Lipinski definition) is 1. The summed E-state index contributed by atoms with van der Waals surface area (Å²) < 4.78 is 20.9. The molecule has 0 radical (unpaired) electrons. The Morgan fingerprint density at radius 3 is 3.00 bits per heavy atom. The van der Waals surface area contributed by atoms with Crippen LogP contribution in [0.1, 0.15) is 23.6 Å². The van der Waals surface area contributed by atoms with Crippen molar-refractivity contribution in [2.45, 2.75) is 19.1 Å². The zero-order valence-electron chi connectivity index (χ0n) is 13.2. The molecular weight excluding hydrogens is 323 g/mol. The van der Waals surface area contributed by atoms with E-state index in [9.17, 15) is 9.18 Å². The van der Waals surface area contributed by atoms with Gasteiger partial charge in [-0.2, -0.15) is 10.1 Å². The van der Waals surface area contributed by atoms with Crippen LogP contribution < -0.4 is 10.1 Å². The third-order valence-electron chi connectivity index (χ3n) is 4.06. The quantitative estimate of drug-likeness (QED) is 0.794. The van der Waals surface area contributed by atoms with Crippen LogP contribution in [0.5, 0.6) is 5.75 Å². The standard InChI is InChI=1S/C18H15FN4O2/c19-13-5-3-4-12(8-13)10-25-16-7-2-1-6-14(16)15-9-17(24)22-18-20-11-21-23(15)18/h1-8,11,15H,9-10H2,(H,20,21,22,24)/t15-/m0/s1. The number of anilines is 1. The highest BCUT2D eigenvalue weighted by Crippen LogP contribution is 2.34. The first-order valence-corrected chi connectivity index (χ1v) is 7.86. The van der Waals surface area contributed by atoms with Gasteiger partial charge in [-0.05, 0) is 23.8 Å². The highest BCUT2D eigenvalue weighted by Gasteiger charge is 2.29. The molecule has 0 unspecified atom stereocenters. The van der Waals surface area contributed by atoms with Crippen molar-refractivity contribution in [3.05, 3.63) is 71.8 Å². The van der Waals surface area contributed by atoms with E-state index in [1.807, 2.05) is 24.3 Å². The van der Waals surface area contributed by atoms with Crippen LogP contribution in [-0.4, -0.2) is 20.7 Å². The first-order valence-electron chi connectivity index (χ1n) is 7.86. The molecule has 1 aliphatic rings. The molecule has 0 saturated carbocycles. The van der Waals surface area contributed by atoms with Gasteiger partial charge in [-0.1, -0.05) is 30.3 Å². The number of nitrogens with zero attached hydrogens (tertiary/aromatic N) is 3. The van der Waals surface area contributed by atoms with E-state index in [-0.39, 0.29) is 30.8 Å². The molecule has 2 aromatic carbocycles. The average molecular weight is 338 g/mol. The zero-order chi connectivity index (χ0) is 17.2. The maximum atomic E-state index is 13.3. The Hall–Kier alpha value is -3.22. The van der Waals surface area contributed by atoms with Gasteiger partial charge in [-0.3, -0.25) is 10.1 Å². The lowest BCUT2D eigenvalue weighted by Crippen LogP contribution is -2.29. The van der Waals surface area contributed by atoms with Gasteiger partial charge in [-0.15, -0.1) is 0 Å². The summed E-state index contributed by atoms with van der Waals surface area (Å²) in [6.45, 7) is 0.234. The fourth-order valence-electron chi connectivity index (χ4n) is 2.92. The lowest BCUT2D eigenvalue weighted by atomic mass is 10.0. The van der Waals surface area contributed by atoms with E-state index in [0.29, 0.717) is 11.7 Å². The zero-order valence-corrected chi connectivity index (χ0v) is 13.2. The Labute approximate surface area is 143 Å². The summed E-state index contributed by atoms with van der Waals surface area (Å²) >= 11 is 0. The Morgan fingerprint density at radius 2 is 2.12 bits per heavy atom. The van der Waals surface area contributed by atoms with Gasteiger partial charge in [0.2, 0.25) is 11.9 Å². The number of halogens is 1. The van der Waals surface area contributed by atoms with Crippen molar-refractivity contribution >= 4 is 11.9 Å². The second kappa shape index (κ2) is 6.35. The van der Waals surface area contributed by atoms with E-state index < -0.39 is 0 Å². The number of carbonyl (C=O) groups is 1. The molecule has 1 atom stereocenters. The van der Waals surface area contributed by atoms with Crippen molar-refractivity contribution in [1.82, 2.24) is 14.8 Å². The number of benzene rings is 2. The van der Waals surface area contributed by atoms with Crippen molar-refractivity contribution in [3.63, 3.8) is 0 Å². The van der Waals surface area contributed by atoms with Crippen molar-refractivity contribution in [2.24, 2.45) is 0 Å². The Morgan fingerprint density at radius 1 is 1.24 bits per heavy atom. The molecule has 7 heteroatoms. The van der Waals surface area contributed by atoms with Crippen molar-refractivity contribution < 1.29 is 13.9 Å². The highest BCUT2D eigenvalue weighted by molar-refractivity contribution is 5.91. The molecule has 6 nitrogen and oxygen atoms in total. The molecule has 2 heterocycles. The number of nitrogens with one attached hydrogen (secondary N) is 1. The lowest BCUT2D eigenvalue weighted by molar-refractivity contribution is -0.117. The largest absolute Gasteiger partial charge is 0.489 e. The van der Waals surface area contributed by atoms with Gasteiger partial charge < -0.3 is 4.74 Å². The van der Waals surface area contributed by atoms with Crippen LogP contribution in [0.2, 0.25) is 0 Å². The van der Waals surface area contributed by atoms with Crippen molar-refractivity contribution in [1.29, 1.82) is 0 Å². The fraction of sp³-hybridized carbons (Fsp3) is 0.167. The van der Waals surface area contributed by atoms with Gasteiger partial charge in [0.1, 0.15) is 24.5 Å². The predicted octanol–water partition coefficient (Wildman–Crippen LogP) is 2.93. The van der Waals surface area contributed by atoms with E-state index in [0.717, 1.165) is 11.1 Å². The number of rotatable bonds is 4. The molecule has 0 spiro atoms. The van der Waals surface area contributed by atoms with Crippen LogP contribution in [-0.2, 0) is 11.4 Å². The molecule has 3 aromatic rings. The molecule has 0 fully saturated rings. The Kier molecular flexibility index (Phi) is 3.89. The SMILES string of the molecule is O=C1C[C@@H](c2ccccc2OCc2cccc(F)c2)n2ncnc2N1. The molecule has 1 aliphatic heterocycles. The Bertz CT molecular complexity index is 925. The smallest absolute Gasteiger partial charge is 0.229 e. The molecule has 126 valence electrons. The van der Waals surface area contributed by atoms with Gasteiger partial charge in [0, 0.05) is 5.56 Å². The summed E-state index contributed by atoms with van der Waals surface area (Å²) in [5, 5.41) is 6.90. The van der Waals surface area contributed by atoms with E-state index in [4.69, 9.17) is 4.74 Å². The molecular formula is C18H15FN4O2. The minimum atomic E-state index is -0.300. The number of amides is 1. The van der Waals surface area contributed by atoms with E-state index in [1.54, 1.807) is 16.8 Å². The summed E-state index contributed by atoms with van der Waals surface area (Å²) in [5.74, 6) is 0.630. The number of para-hydroxylation sites is 1. The highest BCUT2D eigenvalue weighted by atomic mass is 19.1. The van der Waals surface area contributed by atoms with Crippen LogP contribution in [0.3, 0.4) is 0 Å². The van der Waals surface area contributed by atoms with Gasteiger partial charge >= 0.3 is 0 Å². The van der Waals surface area contributed by atoms with E-state index in [2.05, 4.69) is 15.4 Å². The topological polar surface area (TPSA) is 69.0 Å². The number of aromatic nitrogens is 3. The summed E-state index contributed by atoms with van der Waals surface area (Å²) in [4.78, 5) is 16.0. The first-order chi connectivity index (χ1) is 12.2. The summed E-state index contributed by atoms with van der Waals surface area (Å²) in [6.07, 6.45) is 1.65. The molecule has 0 bridgehead atoms. The average Bonchev–Trinajstić information content (AvgIpc) is 3.08. The second-order valence-corrected chi connectivity index (χ2v) is 5.75. The monoisotopic (exact) mass is 338 g/mol. The van der Waals surface area contributed by atoms with Gasteiger partial charge in [0.05, 0.1) is 12.5 Å². The van der Waals surface area contributed by atoms with Gasteiger partial charge in [-0.25, -0.2) is 9.07 Å². The van der Waals surface area contributed by atoms with Crippen LogP contribution in [0.15, 0.2) is 54.9 Å². The lowest BCUT2D eigenvalue weighted by Gasteiger charge is -2.25. The first kappa shape index (κ1) is 15.3. The van der Waals surface area contributed by atoms with E-state index in [1.165, 1.54) is 18.5 Å². The van der Waals surface area contributed by atoms with Crippen LogP contribution in [0.4, 0.5) is 10.3 Å². The Balaban J connectivity index is 1.63. The molecule has 1 N–H and O–H groups in total. The molecule has 0 saturated heterocycles. The maximum absolute atomic E-state index is 13.3. The van der Waals surface area contributed by atoms with Crippen LogP contribution >= 0.6 is 0 Å². The molecule has 25 heavy (non-hydrogen) atoms. The summed E-state index contributed by atoms with van der Waals surface area (Å²) in [5.41, 5.74) is 1.57. The molecule has 0 aliphatic carbocycles. The number of carbonyl (C=O) groups excluding carboxylic acids is 1. The summed E-state index contributed by atoms with van der Waals surface area (Å²) in [7, 11) is 0. The van der Waals surface area contributed by atoms with Gasteiger partial charge in [0.15, 0.2) is 0 Å². The minimum Gasteiger partial charge on any atom is -0.489 e. The molecule has 4 rings (SSSR count). The minimum absolute atomic E-state index is 0.120. The van der Waals surface area contributed by atoms with Crippen molar-refractivity contribution in [3.8, 4) is 5.75 Å². The number of hydrogen-bond acceptors (Lipinski definition) is 4. The van der Waals surface area contributed by atoms with Crippen LogP contribution in [0.25, 0.3) is 0 Å². The van der Waals surface area contributed by atoms with Gasteiger partial charge in [0.25, 0.3) is 0 Å². The fourth-order valence-corrected chi connectivity index (χ4v) is 2.92. The summed E-state index contributed by atoms with van der Waals surface area (Å²) in [6, 6.07) is 13.4. The number of ether oxygens (including phenoxy) is 1. The van der Waals surface area contributed by atoms with Crippen LogP contribution in [0, 0.1) is 5.82 Å². The molecule has 1 aromatic heterocycles. The third-order valence-corrected chi connectivity index (χ3v) is 4.06.